The first-order chi connectivity index (χ1) is 9.88. The smallest absolute Gasteiger partial charge is 0.208 e. The summed E-state index contributed by atoms with van der Waals surface area (Å²) in [5, 5.41) is 0. The minimum atomic E-state index is -0.0181. The van der Waals surface area contributed by atoms with Gasteiger partial charge in [0.05, 0.1) is 17.1 Å². The van der Waals surface area contributed by atoms with Gasteiger partial charge in [-0.3, -0.25) is 4.90 Å². The molecule has 2 aromatic rings. The van der Waals surface area contributed by atoms with E-state index in [-0.39, 0.29) is 5.41 Å². The number of hydrogen-bond donors (Lipinski definition) is 0. The number of oxazole rings is 1. The van der Waals surface area contributed by atoms with E-state index in [9.17, 15) is 0 Å². The van der Waals surface area contributed by atoms with Crippen LogP contribution in [0.25, 0.3) is 0 Å². The van der Waals surface area contributed by atoms with Crippen LogP contribution in [-0.4, -0.2) is 16.4 Å². The van der Waals surface area contributed by atoms with E-state index in [0.717, 1.165) is 29.1 Å². The maximum Gasteiger partial charge on any atom is 0.208 e. The van der Waals surface area contributed by atoms with Crippen LogP contribution in [0.4, 0.5) is 0 Å². The third kappa shape index (κ3) is 4.70. The monoisotopic (exact) mass is 324 g/mol. The second kappa shape index (κ2) is 6.77. The van der Waals surface area contributed by atoms with Crippen molar-refractivity contribution in [1.29, 1.82) is 0 Å². The fraction of sp³-hybridized carbons (Fsp3) is 0.438. The van der Waals surface area contributed by atoms with Crippen LogP contribution < -0.4 is 0 Å². The molecule has 0 aliphatic carbocycles. The summed E-state index contributed by atoms with van der Waals surface area (Å²) < 4.78 is 6.67. The van der Waals surface area contributed by atoms with Crippen LogP contribution in [0.15, 0.2) is 35.4 Å². The van der Waals surface area contributed by atoms with Crippen LogP contribution in [0.5, 0.6) is 0 Å². The van der Waals surface area contributed by atoms with Crippen LogP contribution in [0.1, 0.15) is 37.3 Å². The second-order valence-electron chi connectivity index (χ2n) is 6.03. The first kappa shape index (κ1) is 16.3. The highest BCUT2D eigenvalue weighted by Gasteiger charge is 2.20. The third-order valence-electron chi connectivity index (χ3n) is 3.05. The topological polar surface area (TPSA) is 29.3 Å². The fourth-order valence-electron chi connectivity index (χ4n) is 1.95. The fourth-order valence-corrected chi connectivity index (χ4v) is 3.08. The van der Waals surface area contributed by atoms with Gasteiger partial charge in [-0.05, 0) is 12.1 Å². The van der Waals surface area contributed by atoms with Crippen molar-refractivity contribution < 1.29 is 4.42 Å². The molecular weight excluding hydrogens is 304 g/mol. The molecule has 0 amide bonds. The van der Waals surface area contributed by atoms with Gasteiger partial charge in [-0.2, -0.15) is 0 Å². The highest BCUT2D eigenvalue weighted by atomic mass is 35.5. The highest BCUT2D eigenvalue weighted by Crippen LogP contribution is 2.25. The molecule has 0 spiro atoms. The molecule has 114 valence electrons. The van der Waals surface area contributed by atoms with Crippen LogP contribution in [-0.2, 0) is 18.5 Å². The lowest BCUT2D eigenvalue weighted by Crippen LogP contribution is -2.22. The zero-order chi connectivity index (χ0) is 15.5. The van der Waals surface area contributed by atoms with Gasteiger partial charge in [-0.1, -0.05) is 38.4 Å². The number of hydrogen-bond acceptors (Lipinski definition) is 4. The first-order valence-electron chi connectivity index (χ1n) is 6.91. The predicted octanol–water partition coefficient (Wildman–Crippen LogP) is 4.88. The van der Waals surface area contributed by atoms with Gasteiger partial charge < -0.3 is 4.42 Å². The number of thiophene rings is 1. The van der Waals surface area contributed by atoms with E-state index in [1.807, 2.05) is 18.3 Å². The Kier molecular flexibility index (Phi) is 5.25. The van der Waals surface area contributed by atoms with Crippen LogP contribution in [0, 0.1) is 0 Å². The summed E-state index contributed by atoms with van der Waals surface area (Å²) in [5.41, 5.74) is -0.0181. The lowest BCUT2D eigenvalue weighted by Gasteiger charge is -2.18. The molecule has 0 aromatic carbocycles. The van der Waals surface area contributed by atoms with Crippen molar-refractivity contribution >= 4 is 22.9 Å². The molecule has 0 saturated carbocycles. The molecule has 0 atom stereocenters. The number of aromatic nitrogens is 1. The minimum absolute atomic E-state index is 0.0181. The molecule has 0 N–H and O–H groups in total. The number of halogens is 1. The van der Waals surface area contributed by atoms with Gasteiger partial charge in [0.1, 0.15) is 5.76 Å². The zero-order valence-corrected chi connectivity index (χ0v) is 14.3. The van der Waals surface area contributed by atoms with E-state index in [0.29, 0.717) is 6.54 Å². The summed E-state index contributed by atoms with van der Waals surface area (Å²) in [6.45, 7) is 12.4. The first-order valence-corrected chi connectivity index (χ1v) is 8.10. The Labute approximate surface area is 135 Å². The Morgan fingerprint density at radius 3 is 2.67 bits per heavy atom. The zero-order valence-electron chi connectivity index (χ0n) is 12.7. The molecule has 0 aliphatic rings. The molecule has 2 heterocycles. The largest absolute Gasteiger partial charge is 0.444 e. The number of rotatable bonds is 6. The Morgan fingerprint density at radius 1 is 1.38 bits per heavy atom. The molecule has 21 heavy (non-hydrogen) atoms. The molecule has 0 aliphatic heterocycles. The normalized spacial score (nSPS) is 12.0. The molecule has 0 radical (unpaired) electrons. The number of nitrogens with zero attached hydrogens (tertiary/aromatic N) is 2. The van der Waals surface area contributed by atoms with Crippen molar-refractivity contribution in [3.05, 3.63) is 51.8 Å². The molecule has 2 rings (SSSR count). The molecule has 0 bridgehead atoms. The minimum Gasteiger partial charge on any atom is -0.444 e. The maximum atomic E-state index is 5.98. The van der Waals surface area contributed by atoms with E-state index in [4.69, 9.17) is 16.0 Å². The third-order valence-corrected chi connectivity index (χ3v) is 4.26. The predicted molar refractivity (Wildman–Crippen MR) is 88.8 cm³/mol. The Balaban J connectivity index is 2.05. The molecule has 5 heteroatoms. The van der Waals surface area contributed by atoms with Crippen molar-refractivity contribution in [2.24, 2.45) is 0 Å². The summed E-state index contributed by atoms with van der Waals surface area (Å²) in [5.74, 6) is 1.65. The summed E-state index contributed by atoms with van der Waals surface area (Å²) in [6, 6.07) is 3.98. The van der Waals surface area contributed by atoms with Gasteiger partial charge in [0, 0.05) is 23.4 Å². The van der Waals surface area contributed by atoms with Gasteiger partial charge in [0.25, 0.3) is 0 Å². The van der Waals surface area contributed by atoms with Gasteiger partial charge >= 0.3 is 0 Å². The Bertz CT molecular complexity index is 597. The average molecular weight is 325 g/mol. The van der Waals surface area contributed by atoms with Crippen molar-refractivity contribution in [2.75, 3.05) is 6.54 Å². The molecule has 0 unspecified atom stereocenters. The Hall–Kier alpha value is -1.10. The summed E-state index contributed by atoms with van der Waals surface area (Å²) in [6.07, 6.45) is 3.71. The van der Waals surface area contributed by atoms with Gasteiger partial charge in [-0.15, -0.1) is 17.9 Å². The van der Waals surface area contributed by atoms with E-state index < -0.39 is 0 Å². The van der Waals surface area contributed by atoms with E-state index in [1.54, 1.807) is 11.3 Å². The molecule has 0 saturated heterocycles. The van der Waals surface area contributed by atoms with Gasteiger partial charge in [0.2, 0.25) is 5.89 Å². The standard InChI is InChI=1S/C16H21ClN2OS/c1-5-8-19(10-12-6-7-14(17)21-12)11-15-18-9-13(20-15)16(2,3)4/h5-7,9H,1,8,10-11H2,2-4H3. The van der Waals surface area contributed by atoms with E-state index >= 15 is 0 Å². The van der Waals surface area contributed by atoms with Crippen molar-refractivity contribution in [2.45, 2.75) is 39.3 Å². The Morgan fingerprint density at radius 2 is 2.14 bits per heavy atom. The van der Waals surface area contributed by atoms with Crippen LogP contribution in [0.2, 0.25) is 4.34 Å². The van der Waals surface area contributed by atoms with E-state index in [1.165, 1.54) is 4.88 Å². The average Bonchev–Trinajstić information content (AvgIpc) is 2.98. The summed E-state index contributed by atoms with van der Waals surface area (Å²) >= 11 is 7.58. The van der Waals surface area contributed by atoms with Gasteiger partial charge in [0.15, 0.2) is 0 Å². The molecule has 3 nitrogen and oxygen atoms in total. The van der Waals surface area contributed by atoms with E-state index in [2.05, 4.69) is 43.3 Å². The maximum absolute atomic E-state index is 5.98. The highest BCUT2D eigenvalue weighted by molar-refractivity contribution is 7.16. The van der Waals surface area contributed by atoms with Crippen molar-refractivity contribution in [3.8, 4) is 0 Å². The molecule has 0 fully saturated rings. The molecule has 2 aromatic heterocycles. The lowest BCUT2D eigenvalue weighted by molar-refractivity contribution is 0.248. The second-order valence-corrected chi connectivity index (χ2v) is 7.83. The van der Waals surface area contributed by atoms with Crippen LogP contribution in [0.3, 0.4) is 0 Å². The lowest BCUT2D eigenvalue weighted by atomic mass is 9.94. The van der Waals surface area contributed by atoms with Crippen LogP contribution >= 0.6 is 22.9 Å². The van der Waals surface area contributed by atoms with Gasteiger partial charge in [-0.25, -0.2) is 4.98 Å². The SMILES string of the molecule is C=CCN(Cc1ncc(C(C)(C)C)o1)Cc1ccc(Cl)s1. The molecular formula is C16H21ClN2OS. The van der Waals surface area contributed by atoms with Crippen molar-refractivity contribution in [3.63, 3.8) is 0 Å². The summed E-state index contributed by atoms with van der Waals surface area (Å²) in [4.78, 5) is 7.84. The quantitative estimate of drug-likeness (QED) is 0.709. The van der Waals surface area contributed by atoms with Crippen molar-refractivity contribution in [1.82, 2.24) is 9.88 Å². The summed E-state index contributed by atoms with van der Waals surface area (Å²) in [7, 11) is 0.